The summed E-state index contributed by atoms with van der Waals surface area (Å²) in [6.07, 6.45) is 1.31. The fourth-order valence-electron chi connectivity index (χ4n) is 1.59. The van der Waals surface area contributed by atoms with E-state index >= 15 is 0 Å². The quantitative estimate of drug-likeness (QED) is 0.700. The molecule has 1 N–H and O–H groups in total. The highest BCUT2D eigenvalue weighted by Crippen LogP contribution is 2.17. The summed E-state index contributed by atoms with van der Waals surface area (Å²) in [4.78, 5) is 23.6. The average molecular weight is 201 g/mol. The molecular formula is C9H15NO4. The molecule has 0 aromatic carbocycles. The second kappa shape index (κ2) is 4.95. The average Bonchev–Trinajstić information content (AvgIpc) is 2.62. The third-order valence-corrected chi connectivity index (χ3v) is 2.29. The van der Waals surface area contributed by atoms with Gasteiger partial charge in [0.15, 0.2) is 0 Å². The molecule has 1 amide bonds. The molecule has 80 valence electrons. The molecule has 0 bridgehead atoms. The van der Waals surface area contributed by atoms with Gasteiger partial charge in [0.1, 0.15) is 12.6 Å². The number of likely N-dealkylation sites (tertiary alicyclic amines) is 1. The Kier molecular flexibility index (Phi) is 3.88. The fourth-order valence-corrected chi connectivity index (χ4v) is 1.59. The molecule has 1 aliphatic heterocycles. The van der Waals surface area contributed by atoms with Crippen LogP contribution in [0.3, 0.4) is 0 Å². The molecule has 1 fully saturated rings. The van der Waals surface area contributed by atoms with Crippen LogP contribution in [0.4, 0.5) is 0 Å². The predicted molar refractivity (Wildman–Crippen MR) is 48.9 cm³/mol. The summed E-state index contributed by atoms with van der Waals surface area (Å²) < 4.78 is 4.95. The Labute approximate surface area is 82.6 Å². The van der Waals surface area contributed by atoms with Crippen molar-refractivity contribution in [3.8, 4) is 0 Å². The van der Waals surface area contributed by atoms with Gasteiger partial charge >= 0.3 is 5.97 Å². The third-order valence-electron chi connectivity index (χ3n) is 2.29. The van der Waals surface area contributed by atoms with Gasteiger partial charge < -0.3 is 14.7 Å². The normalized spacial score (nSPS) is 21.2. The zero-order valence-electron chi connectivity index (χ0n) is 8.23. The molecule has 5 nitrogen and oxygen atoms in total. The van der Waals surface area contributed by atoms with Crippen molar-refractivity contribution >= 4 is 11.9 Å². The van der Waals surface area contributed by atoms with Crippen LogP contribution in [-0.2, 0) is 14.3 Å². The van der Waals surface area contributed by atoms with Crippen molar-refractivity contribution in [3.05, 3.63) is 0 Å². The number of nitrogens with zero attached hydrogens (tertiary/aromatic N) is 1. The number of aliphatic carboxylic acids is 1. The molecule has 5 heteroatoms. The van der Waals surface area contributed by atoms with E-state index in [1.165, 1.54) is 4.90 Å². The van der Waals surface area contributed by atoms with E-state index in [1.54, 1.807) is 6.92 Å². The zero-order chi connectivity index (χ0) is 10.6. The second-order valence-corrected chi connectivity index (χ2v) is 3.22. The minimum Gasteiger partial charge on any atom is -0.480 e. The van der Waals surface area contributed by atoms with Gasteiger partial charge in [0, 0.05) is 13.2 Å². The summed E-state index contributed by atoms with van der Waals surface area (Å²) in [5.41, 5.74) is 0. The lowest BCUT2D eigenvalue weighted by molar-refractivity contribution is -0.150. The first-order valence-corrected chi connectivity index (χ1v) is 4.76. The van der Waals surface area contributed by atoms with E-state index in [9.17, 15) is 9.59 Å². The molecule has 1 saturated heterocycles. The van der Waals surface area contributed by atoms with E-state index < -0.39 is 12.0 Å². The minimum atomic E-state index is -0.924. The molecule has 14 heavy (non-hydrogen) atoms. The monoisotopic (exact) mass is 201 g/mol. The molecule has 0 aromatic heterocycles. The van der Waals surface area contributed by atoms with Crippen molar-refractivity contribution in [2.45, 2.75) is 25.8 Å². The van der Waals surface area contributed by atoms with Gasteiger partial charge in [0.2, 0.25) is 5.91 Å². The number of amides is 1. The van der Waals surface area contributed by atoms with Crippen LogP contribution in [0.15, 0.2) is 0 Å². The SMILES string of the molecule is CCOCC(=O)N1CCCC1C(=O)O. The number of rotatable bonds is 4. The van der Waals surface area contributed by atoms with Gasteiger partial charge in [-0.25, -0.2) is 4.79 Å². The van der Waals surface area contributed by atoms with Gasteiger partial charge in [-0.3, -0.25) is 4.79 Å². The van der Waals surface area contributed by atoms with Crippen LogP contribution in [0.25, 0.3) is 0 Å². The summed E-state index contributed by atoms with van der Waals surface area (Å²) >= 11 is 0. The van der Waals surface area contributed by atoms with E-state index in [1.807, 2.05) is 0 Å². The maximum absolute atomic E-state index is 11.5. The summed E-state index contributed by atoms with van der Waals surface area (Å²) in [5.74, 6) is -1.15. The van der Waals surface area contributed by atoms with E-state index in [4.69, 9.17) is 9.84 Å². The second-order valence-electron chi connectivity index (χ2n) is 3.22. The smallest absolute Gasteiger partial charge is 0.326 e. The molecule has 1 aliphatic rings. The number of ether oxygens (including phenoxy) is 1. The molecular weight excluding hydrogens is 186 g/mol. The molecule has 0 radical (unpaired) electrons. The number of carbonyl (C=O) groups excluding carboxylic acids is 1. The summed E-state index contributed by atoms with van der Waals surface area (Å²) in [6.45, 7) is 2.78. The number of carboxylic acids is 1. The molecule has 1 heterocycles. The largest absolute Gasteiger partial charge is 0.480 e. The lowest BCUT2D eigenvalue weighted by atomic mass is 10.2. The summed E-state index contributed by atoms with van der Waals surface area (Å²) in [7, 11) is 0. The van der Waals surface area contributed by atoms with Crippen molar-refractivity contribution in [1.82, 2.24) is 4.90 Å². The number of carbonyl (C=O) groups is 2. The molecule has 0 aromatic rings. The van der Waals surface area contributed by atoms with Crippen LogP contribution in [0, 0.1) is 0 Å². The molecule has 0 spiro atoms. The Morgan fingerprint density at radius 3 is 2.86 bits per heavy atom. The maximum atomic E-state index is 11.5. The van der Waals surface area contributed by atoms with Gasteiger partial charge in [-0.05, 0) is 19.8 Å². The standard InChI is InChI=1S/C9H15NO4/c1-2-14-6-8(11)10-5-3-4-7(10)9(12)13/h7H,2-6H2,1H3,(H,12,13). The van der Waals surface area contributed by atoms with Crippen molar-refractivity contribution in [1.29, 1.82) is 0 Å². The van der Waals surface area contributed by atoms with Crippen molar-refractivity contribution in [3.63, 3.8) is 0 Å². The van der Waals surface area contributed by atoms with E-state index in [0.717, 1.165) is 6.42 Å². The Morgan fingerprint density at radius 1 is 1.57 bits per heavy atom. The highest BCUT2D eigenvalue weighted by molar-refractivity contribution is 5.84. The highest BCUT2D eigenvalue weighted by Gasteiger charge is 2.33. The molecule has 1 rings (SSSR count). The molecule has 1 atom stereocenters. The van der Waals surface area contributed by atoms with Crippen molar-refractivity contribution < 1.29 is 19.4 Å². The van der Waals surface area contributed by atoms with Crippen LogP contribution >= 0.6 is 0 Å². The van der Waals surface area contributed by atoms with Gasteiger partial charge in [-0.1, -0.05) is 0 Å². The lowest BCUT2D eigenvalue weighted by Gasteiger charge is -2.20. The number of carboxylic acid groups (broad SMARTS) is 1. The summed E-state index contributed by atoms with van der Waals surface area (Å²) in [6, 6.07) is -0.650. The van der Waals surface area contributed by atoms with Crippen LogP contribution in [0.5, 0.6) is 0 Å². The first kappa shape index (κ1) is 11.0. The predicted octanol–water partition coefficient (Wildman–Crippen LogP) is 0.0985. The van der Waals surface area contributed by atoms with Crippen LogP contribution in [0.1, 0.15) is 19.8 Å². The van der Waals surface area contributed by atoms with Crippen molar-refractivity contribution in [2.24, 2.45) is 0 Å². The number of hydrogen-bond acceptors (Lipinski definition) is 3. The molecule has 0 saturated carbocycles. The minimum absolute atomic E-state index is 0.0136. The Hall–Kier alpha value is -1.10. The van der Waals surface area contributed by atoms with Gasteiger partial charge in [0.05, 0.1) is 0 Å². The Morgan fingerprint density at radius 2 is 2.29 bits per heavy atom. The van der Waals surface area contributed by atoms with Gasteiger partial charge in [-0.15, -0.1) is 0 Å². The first-order valence-electron chi connectivity index (χ1n) is 4.76. The van der Waals surface area contributed by atoms with Gasteiger partial charge in [-0.2, -0.15) is 0 Å². The van der Waals surface area contributed by atoms with E-state index in [-0.39, 0.29) is 12.5 Å². The zero-order valence-corrected chi connectivity index (χ0v) is 8.23. The molecule has 0 aliphatic carbocycles. The summed E-state index contributed by atoms with van der Waals surface area (Å²) in [5, 5.41) is 8.82. The van der Waals surface area contributed by atoms with E-state index in [2.05, 4.69) is 0 Å². The fraction of sp³-hybridized carbons (Fsp3) is 0.778. The van der Waals surface area contributed by atoms with Crippen molar-refractivity contribution in [2.75, 3.05) is 19.8 Å². The van der Waals surface area contributed by atoms with Crippen LogP contribution in [0.2, 0.25) is 0 Å². The Balaban J connectivity index is 2.49. The Bertz CT molecular complexity index is 229. The van der Waals surface area contributed by atoms with Crippen LogP contribution in [-0.4, -0.2) is 47.7 Å². The maximum Gasteiger partial charge on any atom is 0.326 e. The molecule has 1 unspecified atom stereocenters. The highest BCUT2D eigenvalue weighted by atomic mass is 16.5. The van der Waals surface area contributed by atoms with E-state index in [0.29, 0.717) is 19.6 Å². The van der Waals surface area contributed by atoms with Crippen LogP contribution < -0.4 is 0 Å². The third kappa shape index (κ3) is 2.45. The van der Waals surface area contributed by atoms with Gasteiger partial charge in [0.25, 0.3) is 0 Å². The first-order chi connectivity index (χ1) is 6.66. The number of hydrogen-bond donors (Lipinski definition) is 1. The topological polar surface area (TPSA) is 66.8 Å². The lowest BCUT2D eigenvalue weighted by Crippen LogP contribution is -2.42.